The van der Waals surface area contributed by atoms with E-state index in [1.165, 1.54) is 20.8 Å². The number of hydrogen-bond donors (Lipinski definition) is 0. The molecule has 0 spiro atoms. The molecule has 0 radical (unpaired) electrons. The summed E-state index contributed by atoms with van der Waals surface area (Å²) in [5.74, 6) is -0.285. The average molecular weight is 274 g/mol. The van der Waals surface area contributed by atoms with E-state index < -0.39 is 23.8 Å². The first-order valence-corrected chi connectivity index (χ1v) is 7.93. The Labute approximate surface area is 97.3 Å². The molecule has 0 atom stereocenters. The molecule has 0 rings (SSSR count). The van der Waals surface area contributed by atoms with Gasteiger partial charge in [-0.25, -0.2) is 16.8 Å². The Kier molecular flexibility index (Phi) is 6.36. The van der Waals surface area contributed by atoms with Crippen molar-refractivity contribution in [1.82, 2.24) is 0 Å². The third-order valence-corrected chi connectivity index (χ3v) is 8.97. The Morgan fingerprint density at radius 1 is 0.867 bits per heavy atom. The average Bonchev–Trinajstić information content (AvgIpc) is 2.15. The van der Waals surface area contributed by atoms with E-state index in [1.54, 1.807) is 6.92 Å². The van der Waals surface area contributed by atoms with Crippen LogP contribution in [0.4, 0.5) is 0 Å². The normalized spacial score (nSPS) is 13.3. The van der Waals surface area contributed by atoms with E-state index >= 15 is 0 Å². The van der Waals surface area contributed by atoms with E-state index in [0.29, 0.717) is 0 Å². The second kappa shape index (κ2) is 5.45. The third-order valence-electron chi connectivity index (χ3n) is 2.72. The maximum absolute atomic E-state index is 11.7. The molecule has 0 unspecified atom stereocenters. The van der Waals surface area contributed by atoms with Gasteiger partial charge in [0, 0.05) is 11.5 Å². The molecule has 94 valence electrons. The van der Waals surface area contributed by atoms with Gasteiger partial charge in [-0.3, -0.25) is 0 Å². The van der Waals surface area contributed by atoms with Gasteiger partial charge in [0.05, 0.1) is 0 Å². The molecule has 0 aliphatic heterocycles. The minimum Gasteiger partial charge on any atom is -0.227 e. The summed E-state index contributed by atoms with van der Waals surface area (Å²) in [4.78, 5) is 0. The zero-order valence-electron chi connectivity index (χ0n) is 9.07. The molecule has 0 N–H and O–H groups in total. The summed E-state index contributed by atoms with van der Waals surface area (Å²) in [7, 11) is -7.14. The van der Waals surface area contributed by atoms with E-state index in [4.69, 9.17) is 0 Å². The molecule has 0 amide bonds. The van der Waals surface area contributed by atoms with Crippen LogP contribution in [0.15, 0.2) is 0 Å². The van der Waals surface area contributed by atoms with Gasteiger partial charge in [0.2, 0.25) is 0 Å². The van der Waals surface area contributed by atoms with Crippen LogP contribution >= 0.6 is 0 Å². The van der Waals surface area contributed by atoms with E-state index in [9.17, 15) is 16.8 Å². The van der Waals surface area contributed by atoms with Gasteiger partial charge in [-0.05, 0) is 24.3 Å². The highest BCUT2D eigenvalue weighted by molar-refractivity contribution is 8.10. The van der Waals surface area contributed by atoms with Crippen molar-refractivity contribution in [3.8, 4) is 0 Å². The van der Waals surface area contributed by atoms with E-state index in [-0.39, 0.29) is 28.9 Å². The van der Waals surface area contributed by atoms with Gasteiger partial charge in [0.25, 0.3) is 0 Å². The third kappa shape index (κ3) is 2.82. The van der Waals surface area contributed by atoms with Crippen molar-refractivity contribution in [2.45, 2.75) is 38.2 Å². The fourth-order valence-corrected chi connectivity index (χ4v) is 5.60. The lowest BCUT2D eigenvalue weighted by Gasteiger charge is -2.26. The molecule has 0 fully saturated rings. The van der Waals surface area contributed by atoms with Crippen LogP contribution < -0.4 is 0 Å². The maximum atomic E-state index is 11.7. The highest BCUT2D eigenvalue weighted by atomic mass is 32.3. The molecule has 0 aromatic rings. The predicted octanol–water partition coefficient (Wildman–Crippen LogP) is -0.470. The molecule has 0 saturated carbocycles. The molecule has 0 aromatic carbocycles. The van der Waals surface area contributed by atoms with Gasteiger partial charge in [-0.1, -0.05) is 20.8 Å². The molecule has 4 nitrogen and oxygen atoms in total. The second-order valence-corrected chi connectivity index (χ2v) is 8.97. The van der Waals surface area contributed by atoms with Gasteiger partial charge in [0.15, 0.2) is 23.8 Å². The Morgan fingerprint density at radius 3 is 1.27 bits per heavy atom. The minimum absolute atomic E-state index is 0. The molecule has 0 aromatic heterocycles. The van der Waals surface area contributed by atoms with Crippen LogP contribution in [0.5, 0.6) is 0 Å². The molecule has 0 aliphatic carbocycles. The van der Waals surface area contributed by atoms with Crippen LogP contribution in [-0.2, 0) is 19.7 Å². The predicted molar refractivity (Wildman–Crippen MR) is 69.0 cm³/mol. The summed E-state index contributed by atoms with van der Waals surface area (Å²) in [6.07, 6.45) is 0.0966. The molecule has 0 bridgehead atoms. The van der Waals surface area contributed by atoms with Crippen LogP contribution in [0.25, 0.3) is 0 Å². The van der Waals surface area contributed by atoms with Crippen LogP contribution in [0.2, 0.25) is 0 Å². The summed E-state index contributed by atoms with van der Waals surface area (Å²) in [6.45, 7) is 5.81. The van der Waals surface area contributed by atoms with Crippen LogP contribution in [-0.4, -0.2) is 43.4 Å². The topological polar surface area (TPSA) is 68.3 Å². The van der Waals surface area contributed by atoms with Gasteiger partial charge in [-0.15, -0.1) is 0 Å². The lowest BCUT2D eigenvalue weighted by atomic mass is 10.4. The van der Waals surface area contributed by atoms with Crippen molar-refractivity contribution in [2.75, 3.05) is 11.5 Å². The Bertz CT molecular complexity index is 349. The van der Waals surface area contributed by atoms with Crippen molar-refractivity contribution in [3.05, 3.63) is 0 Å². The fraction of sp³-hybridized carbons (Fsp3) is 1.00. The molecule has 0 saturated heterocycles. The standard InChI is InChI=1S/C8H18O4S2.H4Si/c1-5-8(4,13(9,10)6-2)14(11,12)7-3;/h5-7H2,1-4H3;1H4. The molecule has 0 heterocycles. The number of hydrogen-bond acceptors (Lipinski definition) is 4. The summed E-state index contributed by atoms with van der Waals surface area (Å²) in [5, 5.41) is 0. The van der Waals surface area contributed by atoms with Gasteiger partial charge < -0.3 is 0 Å². The monoisotopic (exact) mass is 274 g/mol. The van der Waals surface area contributed by atoms with Crippen molar-refractivity contribution in [2.24, 2.45) is 0 Å². The Balaban J connectivity index is 0. The quantitative estimate of drug-likeness (QED) is 0.636. The molecule has 7 heteroatoms. The first-order chi connectivity index (χ1) is 6.18. The highest BCUT2D eigenvalue weighted by Gasteiger charge is 2.47. The molecule has 15 heavy (non-hydrogen) atoms. The lowest BCUT2D eigenvalue weighted by Crippen LogP contribution is -2.44. The molecule has 0 aliphatic rings. The fourth-order valence-electron chi connectivity index (χ4n) is 1.24. The Hall–Kier alpha value is 0.117. The molecular formula is C8H22O4S2Si. The van der Waals surface area contributed by atoms with Crippen molar-refractivity contribution in [3.63, 3.8) is 0 Å². The van der Waals surface area contributed by atoms with Gasteiger partial charge in [-0.2, -0.15) is 0 Å². The number of sulfone groups is 2. The number of rotatable bonds is 5. The zero-order chi connectivity index (χ0) is 11.6. The van der Waals surface area contributed by atoms with Gasteiger partial charge >= 0.3 is 0 Å². The SMILES string of the molecule is CCC(C)(S(=O)(=O)CC)S(=O)(=O)CC.[SiH4]. The summed E-state index contributed by atoms with van der Waals surface area (Å²) < 4.78 is 45.1. The second-order valence-electron chi connectivity index (χ2n) is 3.29. The molecular weight excluding hydrogens is 252 g/mol. The highest BCUT2D eigenvalue weighted by Crippen LogP contribution is 2.29. The smallest absolute Gasteiger partial charge is 0.170 e. The van der Waals surface area contributed by atoms with Crippen molar-refractivity contribution < 1.29 is 16.8 Å². The minimum atomic E-state index is -3.57. The summed E-state index contributed by atoms with van der Waals surface area (Å²) in [5.41, 5.74) is 0. The van der Waals surface area contributed by atoms with Crippen molar-refractivity contribution >= 4 is 30.6 Å². The van der Waals surface area contributed by atoms with Crippen LogP contribution in [0.3, 0.4) is 0 Å². The van der Waals surface area contributed by atoms with E-state index in [2.05, 4.69) is 0 Å². The Morgan fingerprint density at radius 2 is 1.13 bits per heavy atom. The van der Waals surface area contributed by atoms with Crippen LogP contribution in [0.1, 0.15) is 34.1 Å². The van der Waals surface area contributed by atoms with Crippen molar-refractivity contribution in [1.29, 1.82) is 0 Å². The van der Waals surface area contributed by atoms with E-state index in [1.807, 2.05) is 0 Å². The first-order valence-electron chi connectivity index (χ1n) is 4.63. The van der Waals surface area contributed by atoms with Crippen LogP contribution in [0, 0.1) is 0 Å². The summed E-state index contributed by atoms with van der Waals surface area (Å²) in [6, 6.07) is 0. The summed E-state index contributed by atoms with van der Waals surface area (Å²) >= 11 is 0. The lowest BCUT2D eigenvalue weighted by molar-refractivity contribution is 0.543. The van der Waals surface area contributed by atoms with Gasteiger partial charge in [0.1, 0.15) is 0 Å². The maximum Gasteiger partial charge on any atom is 0.170 e. The largest absolute Gasteiger partial charge is 0.227 e. The first kappa shape index (κ1) is 17.5. The zero-order valence-corrected chi connectivity index (χ0v) is 10.7. The van der Waals surface area contributed by atoms with E-state index in [0.717, 1.165) is 0 Å².